The summed E-state index contributed by atoms with van der Waals surface area (Å²) in [6, 6.07) is 0. The van der Waals surface area contributed by atoms with Gasteiger partial charge in [0, 0.05) is 12.8 Å². The first kappa shape index (κ1) is 14.7. The summed E-state index contributed by atoms with van der Waals surface area (Å²) in [6.07, 6.45) is 16.2. The fourth-order valence-corrected chi connectivity index (χ4v) is 2.79. The van der Waals surface area contributed by atoms with Gasteiger partial charge < -0.3 is 0 Å². The maximum atomic E-state index is 11.6. The van der Waals surface area contributed by atoms with Gasteiger partial charge in [-0.25, -0.2) is 0 Å². The lowest BCUT2D eigenvalue weighted by Gasteiger charge is -2.10. The maximum Gasteiger partial charge on any atom is 0.132 e. The van der Waals surface area contributed by atoms with Crippen molar-refractivity contribution < 1.29 is 4.79 Å². The molecule has 0 N–H and O–H groups in total. The zero-order valence-electron chi connectivity index (χ0n) is 11.7. The quantitative estimate of drug-likeness (QED) is 0.561. The van der Waals surface area contributed by atoms with Crippen LogP contribution in [-0.2, 0) is 4.79 Å². The Morgan fingerprint density at radius 3 is 1.88 bits per heavy atom. The van der Waals surface area contributed by atoms with Crippen LogP contribution in [0.3, 0.4) is 0 Å². The van der Waals surface area contributed by atoms with E-state index in [2.05, 4.69) is 6.92 Å². The highest BCUT2D eigenvalue weighted by atomic mass is 16.1. The summed E-state index contributed by atoms with van der Waals surface area (Å²) >= 11 is 0. The standard InChI is InChI=1S/C16H30O/c1-15-11-8-6-4-2-3-5-7-9-13-16(17)14-10-12-15/h15H,2-14H2,1H3. The summed E-state index contributed by atoms with van der Waals surface area (Å²) in [5, 5.41) is 0. The van der Waals surface area contributed by atoms with Crippen LogP contribution >= 0.6 is 0 Å². The van der Waals surface area contributed by atoms with Crippen molar-refractivity contribution in [3.63, 3.8) is 0 Å². The molecule has 1 unspecified atom stereocenters. The van der Waals surface area contributed by atoms with Crippen molar-refractivity contribution in [2.75, 3.05) is 0 Å². The van der Waals surface area contributed by atoms with Crippen LogP contribution in [0.5, 0.6) is 0 Å². The van der Waals surface area contributed by atoms with E-state index in [1.165, 1.54) is 57.8 Å². The molecular formula is C16H30O. The molecule has 0 aromatic rings. The van der Waals surface area contributed by atoms with E-state index in [0.717, 1.165) is 31.6 Å². The molecule has 1 rings (SSSR count). The predicted molar refractivity (Wildman–Crippen MR) is 74.2 cm³/mol. The number of carbonyl (C=O) groups is 1. The lowest BCUT2D eigenvalue weighted by molar-refractivity contribution is -0.119. The summed E-state index contributed by atoms with van der Waals surface area (Å²) in [4.78, 5) is 11.6. The van der Waals surface area contributed by atoms with E-state index in [1.54, 1.807) is 0 Å². The first-order chi connectivity index (χ1) is 8.29. The Labute approximate surface area is 107 Å². The van der Waals surface area contributed by atoms with Crippen molar-refractivity contribution in [1.29, 1.82) is 0 Å². The summed E-state index contributed by atoms with van der Waals surface area (Å²) in [5.74, 6) is 1.33. The minimum atomic E-state index is 0.507. The Bertz CT molecular complexity index is 198. The molecule has 0 saturated heterocycles. The Morgan fingerprint density at radius 2 is 1.18 bits per heavy atom. The Hall–Kier alpha value is -0.330. The molecule has 0 aliphatic heterocycles. The summed E-state index contributed by atoms with van der Waals surface area (Å²) < 4.78 is 0. The van der Waals surface area contributed by atoms with Crippen LogP contribution in [0, 0.1) is 5.92 Å². The van der Waals surface area contributed by atoms with Gasteiger partial charge in [0.05, 0.1) is 0 Å². The van der Waals surface area contributed by atoms with Crippen LogP contribution in [0.15, 0.2) is 0 Å². The van der Waals surface area contributed by atoms with Gasteiger partial charge in [0.25, 0.3) is 0 Å². The molecule has 1 saturated carbocycles. The zero-order chi connectivity index (χ0) is 12.3. The number of Topliss-reactive ketones (excluding diaryl/α,β-unsaturated/α-hetero) is 1. The number of hydrogen-bond acceptors (Lipinski definition) is 1. The molecule has 1 aliphatic carbocycles. The third-order valence-electron chi connectivity index (χ3n) is 4.06. The van der Waals surface area contributed by atoms with Gasteiger partial charge in [-0.05, 0) is 18.8 Å². The van der Waals surface area contributed by atoms with E-state index in [-0.39, 0.29) is 0 Å². The van der Waals surface area contributed by atoms with Crippen molar-refractivity contribution in [3.8, 4) is 0 Å². The molecule has 0 radical (unpaired) electrons. The van der Waals surface area contributed by atoms with Gasteiger partial charge in [0.2, 0.25) is 0 Å². The number of hydrogen-bond donors (Lipinski definition) is 0. The molecular weight excluding hydrogens is 208 g/mol. The minimum absolute atomic E-state index is 0.507. The average molecular weight is 238 g/mol. The molecule has 0 heterocycles. The second kappa shape index (κ2) is 9.67. The van der Waals surface area contributed by atoms with Crippen molar-refractivity contribution in [3.05, 3.63) is 0 Å². The zero-order valence-corrected chi connectivity index (χ0v) is 11.7. The summed E-state index contributed by atoms with van der Waals surface area (Å²) in [5.41, 5.74) is 0. The van der Waals surface area contributed by atoms with Crippen LogP contribution in [-0.4, -0.2) is 5.78 Å². The number of carbonyl (C=O) groups excluding carboxylic acids is 1. The molecule has 1 aliphatic rings. The first-order valence-electron chi connectivity index (χ1n) is 7.81. The van der Waals surface area contributed by atoms with E-state index >= 15 is 0 Å². The molecule has 0 aromatic heterocycles. The molecule has 100 valence electrons. The van der Waals surface area contributed by atoms with Gasteiger partial charge in [-0.3, -0.25) is 4.79 Å². The normalized spacial score (nSPS) is 27.1. The fourth-order valence-electron chi connectivity index (χ4n) is 2.79. The van der Waals surface area contributed by atoms with Gasteiger partial charge in [0.1, 0.15) is 5.78 Å². The lowest BCUT2D eigenvalue weighted by Crippen LogP contribution is -2.00. The monoisotopic (exact) mass is 238 g/mol. The molecule has 1 atom stereocenters. The third kappa shape index (κ3) is 8.40. The first-order valence-corrected chi connectivity index (χ1v) is 7.81. The Kier molecular flexibility index (Phi) is 8.38. The van der Waals surface area contributed by atoms with Gasteiger partial charge >= 0.3 is 0 Å². The van der Waals surface area contributed by atoms with Gasteiger partial charge in [0.15, 0.2) is 0 Å². The molecule has 0 bridgehead atoms. The summed E-state index contributed by atoms with van der Waals surface area (Å²) in [6.45, 7) is 2.35. The second-order valence-electron chi connectivity index (χ2n) is 5.90. The van der Waals surface area contributed by atoms with E-state index in [1.807, 2.05) is 0 Å². The molecule has 0 aromatic carbocycles. The minimum Gasteiger partial charge on any atom is -0.300 e. The molecule has 1 heteroatoms. The highest BCUT2D eigenvalue weighted by molar-refractivity contribution is 5.78. The van der Waals surface area contributed by atoms with Crippen LogP contribution in [0.4, 0.5) is 0 Å². The Morgan fingerprint density at radius 1 is 0.706 bits per heavy atom. The van der Waals surface area contributed by atoms with Crippen LogP contribution in [0.2, 0.25) is 0 Å². The SMILES string of the molecule is CC1CCCCCCCCCCC(=O)CCC1. The van der Waals surface area contributed by atoms with Gasteiger partial charge in [-0.2, -0.15) is 0 Å². The van der Waals surface area contributed by atoms with E-state index in [4.69, 9.17) is 0 Å². The predicted octanol–water partition coefficient (Wildman–Crippen LogP) is 5.28. The van der Waals surface area contributed by atoms with Gasteiger partial charge in [-0.15, -0.1) is 0 Å². The van der Waals surface area contributed by atoms with Crippen LogP contribution in [0.1, 0.15) is 90.4 Å². The van der Waals surface area contributed by atoms with Crippen molar-refractivity contribution in [2.24, 2.45) is 5.92 Å². The molecule has 0 spiro atoms. The fraction of sp³-hybridized carbons (Fsp3) is 0.938. The molecule has 1 fully saturated rings. The Balaban J connectivity index is 2.22. The average Bonchev–Trinajstić information content (AvgIpc) is 2.31. The molecule has 1 nitrogen and oxygen atoms in total. The van der Waals surface area contributed by atoms with Crippen LogP contribution < -0.4 is 0 Å². The van der Waals surface area contributed by atoms with Crippen molar-refractivity contribution >= 4 is 5.78 Å². The van der Waals surface area contributed by atoms with Crippen LogP contribution in [0.25, 0.3) is 0 Å². The number of rotatable bonds is 0. The maximum absolute atomic E-state index is 11.6. The van der Waals surface area contributed by atoms with Crippen molar-refractivity contribution in [2.45, 2.75) is 90.4 Å². The molecule has 17 heavy (non-hydrogen) atoms. The second-order valence-corrected chi connectivity index (χ2v) is 5.90. The highest BCUT2D eigenvalue weighted by Gasteiger charge is 2.06. The lowest BCUT2D eigenvalue weighted by atomic mass is 9.96. The summed E-state index contributed by atoms with van der Waals surface area (Å²) in [7, 11) is 0. The smallest absolute Gasteiger partial charge is 0.132 e. The largest absolute Gasteiger partial charge is 0.300 e. The highest BCUT2D eigenvalue weighted by Crippen LogP contribution is 2.19. The van der Waals surface area contributed by atoms with Crippen molar-refractivity contribution in [1.82, 2.24) is 0 Å². The van der Waals surface area contributed by atoms with E-state index in [9.17, 15) is 4.79 Å². The van der Waals surface area contributed by atoms with Gasteiger partial charge in [-0.1, -0.05) is 64.7 Å². The molecule has 0 amide bonds. The topological polar surface area (TPSA) is 17.1 Å². The third-order valence-corrected chi connectivity index (χ3v) is 4.06. The number of ketones is 1. The van der Waals surface area contributed by atoms with E-state index < -0.39 is 0 Å². The van der Waals surface area contributed by atoms with E-state index in [0.29, 0.717) is 5.78 Å².